The van der Waals surface area contributed by atoms with E-state index in [0.717, 1.165) is 10.7 Å². The summed E-state index contributed by atoms with van der Waals surface area (Å²) in [6.07, 6.45) is -2.79. The standard InChI is InChI=1S/C13H16F3N7O/c1-21-11(13(14,15)16)4-9(19-21)6-23-7-10(18-20-23)5-22-3-2-17-12(24)8-22/h4,7H,2-3,5-6,8H2,1H3,(H,17,24). The fourth-order valence-electron chi connectivity index (χ4n) is 2.58. The van der Waals surface area contributed by atoms with Gasteiger partial charge in [-0.3, -0.25) is 14.4 Å². The van der Waals surface area contributed by atoms with Crippen LogP contribution in [-0.2, 0) is 31.1 Å². The minimum Gasteiger partial charge on any atom is -0.354 e. The van der Waals surface area contributed by atoms with Gasteiger partial charge in [-0.25, -0.2) is 4.68 Å². The van der Waals surface area contributed by atoms with Crippen molar-refractivity contribution in [2.75, 3.05) is 19.6 Å². The topological polar surface area (TPSA) is 80.9 Å². The van der Waals surface area contributed by atoms with Crippen molar-refractivity contribution in [2.24, 2.45) is 7.05 Å². The number of hydrogen-bond acceptors (Lipinski definition) is 5. The second-order valence-electron chi connectivity index (χ2n) is 5.61. The molecule has 2 aromatic heterocycles. The molecule has 1 saturated heterocycles. The lowest BCUT2D eigenvalue weighted by Gasteiger charge is -2.25. The predicted octanol–water partition coefficient (Wildman–Crippen LogP) is 0.0105. The Labute approximate surface area is 135 Å². The minimum absolute atomic E-state index is 0.0400. The number of rotatable bonds is 4. The summed E-state index contributed by atoms with van der Waals surface area (Å²) in [5, 5.41) is 14.5. The van der Waals surface area contributed by atoms with Crippen LogP contribution in [0.15, 0.2) is 12.3 Å². The molecule has 0 saturated carbocycles. The van der Waals surface area contributed by atoms with Gasteiger partial charge in [0.2, 0.25) is 5.91 Å². The molecule has 0 aromatic carbocycles. The van der Waals surface area contributed by atoms with Crippen LogP contribution in [0.1, 0.15) is 17.1 Å². The number of aromatic nitrogens is 5. The number of carbonyl (C=O) groups excluding carboxylic acids is 1. The Balaban J connectivity index is 1.65. The van der Waals surface area contributed by atoms with E-state index < -0.39 is 11.9 Å². The molecule has 3 rings (SSSR count). The Morgan fingerprint density at radius 1 is 1.29 bits per heavy atom. The Morgan fingerprint density at radius 3 is 2.75 bits per heavy atom. The maximum absolute atomic E-state index is 12.8. The molecule has 1 fully saturated rings. The number of piperazine rings is 1. The van der Waals surface area contributed by atoms with Gasteiger partial charge in [-0.15, -0.1) is 5.10 Å². The molecule has 1 aliphatic rings. The highest BCUT2D eigenvalue weighted by Gasteiger charge is 2.34. The summed E-state index contributed by atoms with van der Waals surface area (Å²) in [5.74, 6) is -0.0400. The van der Waals surface area contributed by atoms with Gasteiger partial charge in [-0.05, 0) is 6.07 Å². The number of amides is 1. The third-order valence-electron chi connectivity index (χ3n) is 3.63. The zero-order chi connectivity index (χ0) is 17.3. The van der Waals surface area contributed by atoms with Crippen LogP contribution < -0.4 is 5.32 Å². The second kappa shape index (κ2) is 6.23. The zero-order valence-electron chi connectivity index (χ0n) is 12.9. The number of alkyl halides is 3. The molecule has 11 heteroatoms. The summed E-state index contributed by atoms with van der Waals surface area (Å²) in [4.78, 5) is 13.3. The molecule has 0 spiro atoms. The zero-order valence-corrected chi connectivity index (χ0v) is 12.9. The number of hydrogen-bond donors (Lipinski definition) is 1. The van der Waals surface area contributed by atoms with Crippen molar-refractivity contribution in [3.05, 3.63) is 29.3 Å². The van der Waals surface area contributed by atoms with E-state index in [-0.39, 0.29) is 18.1 Å². The molecule has 3 heterocycles. The first-order valence-electron chi connectivity index (χ1n) is 7.29. The van der Waals surface area contributed by atoms with E-state index in [1.165, 1.54) is 11.7 Å². The van der Waals surface area contributed by atoms with Gasteiger partial charge < -0.3 is 5.32 Å². The Hall–Kier alpha value is -2.43. The van der Waals surface area contributed by atoms with Gasteiger partial charge in [0.1, 0.15) is 5.69 Å². The molecular weight excluding hydrogens is 327 g/mol. The van der Waals surface area contributed by atoms with Crippen LogP contribution in [0, 0.1) is 0 Å². The maximum atomic E-state index is 12.8. The Bertz CT molecular complexity index is 736. The van der Waals surface area contributed by atoms with Gasteiger partial charge in [0.25, 0.3) is 0 Å². The molecule has 0 atom stereocenters. The van der Waals surface area contributed by atoms with Crippen LogP contribution in [0.5, 0.6) is 0 Å². The van der Waals surface area contributed by atoms with Crippen LogP contribution in [0.4, 0.5) is 13.2 Å². The SMILES string of the molecule is Cn1nc(Cn2cc(CN3CCNC(=O)C3)nn2)cc1C(F)(F)F. The smallest absolute Gasteiger partial charge is 0.354 e. The van der Waals surface area contributed by atoms with E-state index in [2.05, 4.69) is 20.7 Å². The van der Waals surface area contributed by atoms with Crippen LogP contribution >= 0.6 is 0 Å². The van der Waals surface area contributed by atoms with E-state index in [9.17, 15) is 18.0 Å². The Morgan fingerprint density at radius 2 is 2.08 bits per heavy atom. The molecule has 0 bridgehead atoms. The summed E-state index contributed by atoms with van der Waals surface area (Å²) in [6.45, 7) is 2.15. The molecule has 0 aliphatic carbocycles. The first-order valence-corrected chi connectivity index (χ1v) is 7.29. The van der Waals surface area contributed by atoms with Gasteiger partial charge >= 0.3 is 6.18 Å². The number of nitrogens with one attached hydrogen (secondary N) is 1. The molecule has 24 heavy (non-hydrogen) atoms. The van der Waals surface area contributed by atoms with Crippen LogP contribution in [-0.4, -0.2) is 55.2 Å². The number of halogens is 3. The number of nitrogens with zero attached hydrogens (tertiary/aromatic N) is 6. The van der Waals surface area contributed by atoms with Gasteiger partial charge in [0.05, 0.1) is 30.7 Å². The van der Waals surface area contributed by atoms with Gasteiger partial charge in [0.15, 0.2) is 0 Å². The van der Waals surface area contributed by atoms with E-state index in [1.54, 1.807) is 6.20 Å². The first kappa shape index (κ1) is 16.4. The first-order chi connectivity index (χ1) is 11.3. The molecule has 0 unspecified atom stereocenters. The van der Waals surface area contributed by atoms with Gasteiger partial charge in [-0.2, -0.15) is 18.3 Å². The average Bonchev–Trinajstić information content (AvgIpc) is 3.05. The highest BCUT2D eigenvalue weighted by atomic mass is 19.4. The average molecular weight is 343 g/mol. The van der Waals surface area contributed by atoms with E-state index >= 15 is 0 Å². The lowest BCUT2D eigenvalue weighted by Crippen LogP contribution is -2.47. The van der Waals surface area contributed by atoms with Gasteiger partial charge in [-0.1, -0.05) is 5.21 Å². The highest BCUT2D eigenvalue weighted by molar-refractivity contribution is 5.78. The largest absolute Gasteiger partial charge is 0.433 e. The molecule has 1 amide bonds. The monoisotopic (exact) mass is 343 g/mol. The summed E-state index contributed by atoms with van der Waals surface area (Å²) in [7, 11) is 1.25. The third-order valence-corrected chi connectivity index (χ3v) is 3.63. The summed E-state index contributed by atoms with van der Waals surface area (Å²) >= 11 is 0. The van der Waals surface area contributed by atoms with Crippen molar-refractivity contribution in [3.8, 4) is 0 Å². The lowest BCUT2D eigenvalue weighted by molar-refractivity contribution is -0.143. The highest BCUT2D eigenvalue weighted by Crippen LogP contribution is 2.29. The van der Waals surface area contributed by atoms with Crippen molar-refractivity contribution >= 4 is 5.91 Å². The minimum atomic E-state index is -4.44. The fourth-order valence-corrected chi connectivity index (χ4v) is 2.58. The molecule has 130 valence electrons. The summed E-state index contributed by atoms with van der Waals surface area (Å²) < 4.78 is 40.5. The van der Waals surface area contributed by atoms with Crippen LogP contribution in [0.3, 0.4) is 0 Å². The fraction of sp³-hybridized carbons (Fsp3) is 0.538. The maximum Gasteiger partial charge on any atom is 0.433 e. The van der Waals surface area contributed by atoms with E-state index in [0.29, 0.717) is 31.9 Å². The lowest BCUT2D eigenvalue weighted by atomic mass is 10.3. The van der Waals surface area contributed by atoms with Gasteiger partial charge in [0, 0.05) is 26.7 Å². The predicted molar refractivity (Wildman–Crippen MR) is 75.6 cm³/mol. The molecule has 1 aliphatic heterocycles. The van der Waals surface area contributed by atoms with Crippen molar-refractivity contribution in [2.45, 2.75) is 19.3 Å². The van der Waals surface area contributed by atoms with Crippen molar-refractivity contribution in [1.29, 1.82) is 0 Å². The molecule has 0 radical (unpaired) electrons. The summed E-state index contributed by atoms with van der Waals surface area (Å²) in [5.41, 5.74) is 0.0902. The third kappa shape index (κ3) is 3.72. The molecule has 1 N–H and O–H groups in total. The van der Waals surface area contributed by atoms with Crippen molar-refractivity contribution in [1.82, 2.24) is 35.0 Å². The number of aryl methyl sites for hydroxylation is 1. The summed E-state index contributed by atoms with van der Waals surface area (Å²) in [6, 6.07) is 0.996. The van der Waals surface area contributed by atoms with Crippen molar-refractivity contribution < 1.29 is 18.0 Å². The number of carbonyl (C=O) groups is 1. The molecule has 2 aromatic rings. The normalized spacial score (nSPS) is 16.4. The van der Waals surface area contributed by atoms with Crippen LogP contribution in [0.25, 0.3) is 0 Å². The molecular formula is C13H16F3N7O. The quantitative estimate of drug-likeness (QED) is 0.846. The van der Waals surface area contributed by atoms with E-state index in [4.69, 9.17) is 0 Å². The molecule has 8 nitrogen and oxygen atoms in total. The van der Waals surface area contributed by atoms with Crippen molar-refractivity contribution in [3.63, 3.8) is 0 Å². The second-order valence-corrected chi connectivity index (χ2v) is 5.61. The van der Waals surface area contributed by atoms with E-state index in [1.807, 2.05) is 4.90 Å². The Kier molecular flexibility index (Phi) is 4.26. The van der Waals surface area contributed by atoms with Crippen LogP contribution in [0.2, 0.25) is 0 Å².